The number of nitrogens with zero attached hydrogens (tertiary/aromatic N) is 2. The molecule has 3 N–H and O–H groups in total. The third-order valence-corrected chi connectivity index (χ3v) is 5.78. The van der Waals surface area contributed by atoms with Gasteiger partial charge in [-0.3, -0.25) is 4.90 Å². The number of nitrogens with one attached hydrogen (secondary N) is 1. The van der Waals surface area contributed by atoms with E-state index in [1.165, 1.54) is 25.9 Å². The third kappa shape index (κ3) is 7.06. The molecule has 2 saturated heterocycles. The summed E-state index contributed by atoms with van der Waals surface area (Å²) in [6.07, 6.45) is 3.69. The number of anilines is 1. The summed E-state index contributed by atoms with van der Waals surface area (Å²) < 4.78 is 11.6. The van der Waals surface area contributed by atoms with Gasteiger partial charge in [0.2, 0.25) is 0 Å². The fourth-order valence-electron chi connectivity index (χ4n) is 4.08. The van der Waals surface area contributed by atoms with Gasteiger partial charge in [0.1, 0.15) is 17.9 Å². The molecule has 0 amide bonds. The highest BCUT2D eigenvalue weighted by Crippen LogP contribution is 2.32. The van der Waals surface area contributed by atoms with E-state index < -0.39 is 11.9 Å². The van der Waals surface area contributed by atoms with Crippen LogP contribution in [0.15, 0.2) is 39.6 Å². The summed E-state index contributed by atoms with van der Waals surface area (Å²) >= 11 is 0. The Balaban J connectivity index is 0.000000350. The van der Waals surface area contributed by atoms with E-state index in [1.54, 1.807) is 6.07 Å². The number of carbonyl (C=O) groups is 2. The zero-order chi connectivity index (χ0) is 24.5. The van der Waals surface area contributed by atoms with Crippen molar-refractivity contribution in [3.05, 3.63) is 46.3 Å². The molecule has 184 valence electrons. The number of hydrogen-bond acceptors (Lipinski definition) is 8. The standard InChI is InChI=1S/C20H27N3O3.C4H4O4/c1-15-18(25-13-12-22-8-2-3-9-22)5-4-16-17(14-19(24)26-20(15)16)23-10-6-21-7-11-23;5-3(6)1-2-4(7)8/h4-5,14,21H,2-3,6-13H2,1H3;1-2H,(H,5,6)(H,7,8)/b;2-1-. The quantitative estimate of drug-likeness (QED) is 0.403. The lowest BCUT2D eigenvalue weighted by atomic mass is 10.1. The molecule has 0 saturated carbocycles. The summed E-state index contributed by atoms with van der Waals surface area (Å²) in [5, 5.41) is 20.0. The molecule has 10 heteroatoms. The molecule has 3 heterocycles. The van der Waals surface area contributed by atoms with Crippen LogP contribution in [0.1, 0.15) is 18.4 Å². The van der Waals surface area contributed by atoms with Crippen LogP contribution in [0.3, 0.4) is 0 Å². The van der Waals surface area contributed by atoms with Crippen LogP contribution in [0.25, 0.3) is 11.0 Å². The number of aryl methyl sites for hydroxylation is 1. The first-order valence-electron chi connectivity index (χ1n) is 11.4. The van der Waals surface area contributed by atoms with Gasteiger partial charge >= 0.3 is 17.6 Å². The van der Waals surface area contributed by atoms with Crippen molar-refractivity contribution in [2.24, 2.45) is 0 Å². The van der Waals surface area contributed by atoms with E-state index in [9.17, 15) is 14.4 Å². The topological polar surface area (TPSA) is 133 Å². The summed E-state index contributed by atoms with van der Waals surface area (Å²) in [4.78, 5) is 35.9. The van der Waals surface area contributed by atoms with E-state index in [0.29, 0.717) is 24.3 Å². The molecule has 2 aliphatic heterocycles. The minimum absolute atomic E-state index is 0.302. The van der Waals surface area contributed by atoms with Crippen molar-refractivity contribution in [1.29, 1.82) is 0 Å². The Morgan fingerprint density at radius 2 is 1.74 bits per heavy atom. The highest BCUT2D eigenvalue weighted by molar-refractivity contribution is 5.93. The van der Waals surface area contributed by atoms with E-state index in [-0.39, 0.29) is 5.63 Å². The SMILES string of the molecule is Cc1c(OCCN2CCCC2)ccc2c(N3CCNCC3)cc(=O)oc12.O=C(O)/C=C\C(=O)O. The van der Waals surface area contributed by atoms with Crippen molar-refractivity contribution in [1.82, 2.24) is 10.2 Å². The van der Waals surface area contributed by atoms with Crippen LogP contribution in [-0.4, -0.2) is 79.5 Å². The average molecular weight is 474 g/mol. The number of likely N-dealkylation sites (tertiary alicyclic amines) is 1. The summed E-state index contributed by atoms with van der Waals surface area (Å²) in [5.41, 5.74) is 2.20. The van der Waals surface area contributed by atoms with Gasteiger partial charge in [0.25, 0.3) is 0 Å². The number of aliphatic carboxylic acids is 2. The van der Waals surface area contributed by atoms with Gasteiger partial charge in [0.05, 0.1) is 5.69 Å². The van der Waals surface area contributed by atoms with Crippen LogP contribution in [0.5, 0.6) is 5.75 Å². The minimum atomic E-state index is -1.26. The second-order valence-electron chi connectivity index (χ2n) is 8.16. The molecule has 1 aromatic carbocycles. The van der Waals surface area contributed by atoms with Crippen molar-refractivity contribution in [2.75, 3.05) is 57.3 Å². The fraction of sp³-hybridized carbons (Fsp3) is 0.458. The highest BCUT2D eigenvalue weighted by Gasteiger charge is 2.18. The largest absolute Gasteiger partial charge is 0.492 e. The predicted octanol–water partition coefficient (Wildman–Crippen LogP) is 1.70. The summed E-state index contributed by atoms with van der Waals surface area (Å²) in [5.74, 6) is -1.71. The van der Waals surface area contributed by atoms with Gasteiger partial charge in [-0.25, -0.2) is 14.4 Å². The summed E-state index contributed by atoms with van der Waals surface area (Å²) in [6.45, 7) is 9.56. The maximum absolute atomic E-state index is 12.1. The Hall–Kier alpha value is -3.37. The zero-order valence-corrected chi connectivity index (χ0v) is 19.3. The maximum atomic E-state index is 12.1. The Kier molecular flexibility index (Phi) is 9.06. The van der Waals surface area contributed by atoms with Crippen LogP contribution in [0.2, 0.25) is 0 Å². The Bertz CT molecular complexity index is 1070. The van der Waals surface area contributed by atoms with Gasteiger partial charge in [0, 0.05) is 61.9 Å². The van der Waals surface area contributed by atoms with Gasteiger partial charge in [-0.2, -0.15) is 0 Å². The van der Waals surface area contributed by atoms with E-state index in [0.717, 1.165) is 55.1 Å². The van der Waals surface area contributed by atoms with Crippen molar-refractivity contribution in [3.8, 4) is 5.75 Å². The Morgan fingerprint density at radius 1 is 1.09 bits per heavy atom. The van der Waals surface area contributed by atoms with Crippen molar-refractivity contribution in [3.63, 3.8) is 0 Å². The van der Waals surface area contributed by atoms with Gasteiger partial charge in [-0.05, 0) is 45.0 Å². The van der Waals surface area contributed by atoms with Crippen LogP contribution >= 0.6 is 0 Å². The monoisotopic (exact) mass is 473 g/mol. The zero-order valence-electron chi connectivity index (χ0n) is 19.3. The lowest BCUT2D eigenvalue weighted by Crippen LogP contribution is -2.43. The van der Waals surface area contributed by atoms with Crippen LogP contribution in [0, 0.1) is 6.92 Å². The van der Waals surface area contributed by atoms with E-state index >= 15 is 0 Å². The van der Waals surface area contributed by atoms with Gasteiger partial charge in [-0.15, -0.1) is 0 Å². The molecule has 2 aliphatic rings. The van der Waals surface area contributed by atoms with Crippen LogP contribution in [-0.2, 0) is 9.59 Å². The number of fused-ring (bicyclic) bond motifs is 1. The fourth-order valence-corrected chi connectivity index (χ4v) is 4.08. The number of carboxylic acid groups (broad SMARTS) is 2. The van der Waals surface area contributed by atoms with Gasteiger partial charge in [-0.1, -0.05) is 0 Å². The first kappa shape index (κ1) is 25.3. The molecule has 2 aromatic rings. The molecule has 10 nitrogen and oxygen atoms in total. The molecule has 4 rings (SSSR count). The van der Waals surface area contributed by atoms with Gasteiger partial charge < -0.3 is 29.6 Å². The molecular formula is C24H31N3O7. The predicted molar refractivity (Wildman–Crippen MR) is 128 cm³/mol. The number of ether oxygens (including phenoxy) is 1. The lowest BCUT2D eigenvalue weighted by Gasteiger charge is -2.30. The molecular weight excluding hydrogens is 442 g/mol. The maximum Gasteiger partial charge on any atom is 0.338 e. The molecule has 1 aromatic heterocycles. The van der Waals surface area contributed by atoms with E-state index in [2.05, 4.69) is 15.1 Å². The van der Waals surface area contributed by atoms with E-state index in [4.69, 9.17) is 19.4 Å². The van der Waals surface area contributed by atoms with Crippen molar-refractivity contribution >= 4 is 28.6 Å². The number of carboxylic acids is 2. The average Bonchev–Trinajstić information content (AvgIpc) is 3.34. The second-order valence-corrected chi connectivity index (χ2v) is 8.16. The summed E-state index contributed by atoms with van der Waals surface area (Å²) in [6, 6.07) is 5.64. The number of hydrogen-bond donors (Lipinski definition) is 3. The molecule has 0 aliphatic carbocycles. The number of rotatable bonds is 7. The first-order valence-corrected chi connectivity index (χ1v) is 11.4. The molecule has 0 bridgehead atoms. The first-order chi connectivity index (χ1) is 16.3. The summed E-state index contributed by atoms with van der Waals surface area (Å²) in [7, 11) is 0. The molecule has 0 unspecified atom stereocenters. The number of piperazine rings is 1. The third-order valence-electron chi connectivity index (χ3n) is 5.78. The van der Waals surface area contributed by atoms with Crippen molar-refractivity contribution < 1.29 is 29.0 Å². The number of benzene rings is 1. The second kappa shape index (κ2) is 12.2. The van der Waals surface area contributed by atoms with Crippen molar-refractivity contribution in [2.45, 2.75) is 19.8 Å². The minimum Gasteiger partial charge on any atom is -0.492 e. The van der Waals surface area contributed by atoms with E-state index in [1.807, 2.05) is 19.1 Å². The normalized spacial score (nSPS) is 16.4. The van der Waals surface area contributed by atoms with Gasteiger partial charge in [0.15, 0.2) is 0 Å². The smallest absolute Gasteiger partial charge is 0.338 e. The van der Waals surface area contributed by atoms with Crippen LogP contribution in [0.4, 0.5) is 5.69 Å². The molecule has 0 radical (unpaired) electrons. The molecule has 0 atom stereocenters. The highest BCUT2D eigenvalue weighted by atomic mass is 16.5. The molecule has 34 heavy (non-hydrogen) atoms. The molecule has 2 fully saturated rings. The Labute approximate surface area is 197 Å². The Morgan fingerprint density at radius 3 is 2.35 bits per heavy atom. The molecule has 0 spiro atoms. The van der Waals surface area contributed by atoms with Crippen LogP contribution < -0.4 is 20.6 Å². The lowest BCUT2D eigenvalue weighted by molar-refractivity contribution is -0.134.